The highest BCUT2D eigenvalue weighted by atomic mass is 19.1. The maximum absolute atomic E-state index is 14.0. The quantitative estimate of drug-likeness (QED) is 0.550. The molecule has 0 aliphatic carbocycles. The summed E-state index contributed by atoms with van der Waals surface area (Å²) >= 11 is 0. The summed E-state index contributed by atoms with van der Waals surface area (Å²) in [6.45, 7) is 5.03. The fourth-order valence-electron chi connectivity index (χ4n) is 5.15. The molecule has 0 radical (unpaired) electrons. The van der Waals surface area contributed by atoms with Gasteiger partial charge < -0.3 is 14.5 Å². The molecule has 0 bridgehead atoms. The largest absolute Gasteiger partial charge is 0.494 e. The standard InChI is InChI=1S/C28H34F2N2O3/c1-2-35-24-8-5-20(6-9-24)3-4-21-11-15-31(16-12-21)27(33)22-13-17-32(18-14-22)28(34)25-10-7-23(29)19-26(25)30/h5-10,19,21-22H,2-4,11-18H2,1H3. The third kappa shape index (κ3) is 6.38. The number of halogens is 2. The van der Waals surface area contributed by atoms with Crippen molar-refractivity contribution in [2.75, 3.05) is 32.8 Å². The van der Waals surface area contributed by atoms with Crippen molar-refractivity contribution < 1.29 is 23.1 Å². The van der Waals surface area contributed by atoms with E-state index in [1.54, 1.807) is 4.90 Å². The Labute approximate surface area is 206 Å². The van der Waals surface area contributed by atoms with Gasteiger partial charge in [0.1, 0.15) is 17.4 Å². The number of nitrogens with zero attached hydrogens (tertiary/aromatic N) is 2. The second kappa shape index (κ2) is 11.6. The molecule has 0 N–H and O–H groups in total. The van der Waals surface area contributed by atoms with Gasteiger partial charge in [-0.1, -0.05) is 12.1 Å². The van der Waals surface area contributed by atoms with Gasteiger partial charge in [0.05, 0.1) is 12.2 Å². The number of hydrogen-bond acceptors (Lipinski definition) is 3. The molecule has 2 aromatic carbocycles. The van der Waals surface area contributed by atoms with Gasteiger partial charge >= 0.3 is 0 Å². The van der Waals surface area contributed by atoms with Crippen LogP contribution in [0.3, 0.4) is 0 Å². The summed E-state index contributed by atoms with van der Waals surface area (Å²) in [4.78, 5) is 29.2. The van der Waals surface area contributed by atoms with Gasteiger partial charge in [0.25, 0.3) is 5.91 Å². The average Bonchev–Trinajstić information content (AvgIpc) is 2.88. The van der Waals surface area contributed by atoms with Crippen LogP contribution < -0.4 is 4.74 Å². The zero-order valence-electron chi connectivity index (χ0n) is 20.3. The number of amides is 2. The Morgan fingerprint density at radius 2 is 1.57 bits per heavy atom. The Balaban J connectivity index is 1.19. The summed E-state index contributed by atoms with van der Waals surface area (Å²) in [5, 5.41) is 0. The lowest BCUT2D eigenvalue weighted by Crippen LogP contribution is -2.46. The Morgan fingerprint density at radius 1 is 0.914 bits per heavy atom. The van der Waals surface area contributed by atoms with Crippen molar-refractivity contribution in [1.82, 2.24) is 9.80 Å². The van der Waals surface area contributed by atoms with Crippen molar-refractivity contribution in [2.45, 2.75) is 45.4 Å². The van der Waals surface area contributed by atoms with Gasteiger partial charge in [-0.3, -0.25) is 9.59 Å². The van der Waals surface area contributed by atoms with Crippen molar-refractivity contribution >= 4 is 11.8 Å². The van der Waals surface area contributed by atoms with Crippen LogP contribution in [0.15, 0.2) is 42.5 Å². The van der Waals surface area contributed by atoms with Gasteiger partial charge in [-0.15, -0.1) is 0 Å². The molecule has 2 aromatic rings. The van der Waals surface area contributed by atoms with Gasteiger partial charge in [0.15, 0.2) is 0 Å². The Hall–Kier alpha value is -2.96. The molecule has 35 heavy (non-hydrogen) atoms. The number of likely N-dealkylation sites (tertiary alicyclic amines) is 2. The minimum atomic E-state index is -0.849. The van der Waals surface area contributed by atoms with E-state index in [1.807, 2.05) is 24.0 Å². The van der Waals surface area contributed by atoms with Crippen LogP contribution in [-0.4, -0.2) is 54.4 Å². The fraction of sp³-hybridized carbons (Fsp3) is 0.500. The molecular formula is C28H34F2N2O3. The molecule has 4 rings (SSSR count). The summed E-state index contributed by atoms with van der Waals surface area (Å²) in [6, 6.07) is 11.3. The van der Waals surface area contributed by atoms with Crippen molar-refractivity contribution in [3.63, 3.8) is 0 Å². The molecule has 2 saturated heterocycles. The SMILES string of the molecule is CCOc1ccc(CCC2CCN(C(=O)C3CCN(C(=O)c4ccc(F)cc4F)CC3)CC2)cc1. The van der Waals surface area contributed by atoms with E-state index in [0.717, 1.165) is 56.7 Å². The molecule has 2 aliphatic heterocycles. The zero-order valence-corrected chi connectivity index (χ0v) is 20.3. The first-order valence-electron chi connectivity index (χ1n) is 12.7. The van der Waals surface area contributed by atoms with Gasteiger partial charge in [-0.05, 0) is 81.2 Å². The second-order valence-electron chi connectivity index (χ2n) is 9.57. The topological polar surface area (TPSA) is 49.9 Å². The fourth-order valence-corrected chi connectivity index (χ4v) is 5.15. The number of piperidine rings is 2. The van der Waals surface area contributed by atoms with Gasteiger partial charge in [0.2, 0.25) is 5.91 Å². The zero-order chi connectivity index (χ0) is 24.8. The van der Waals surface area contributed by atoms with Crippen LogP contribution in [0.5, 0.6) is 5.75 Å². The number of ether oxygens (including phenoxy) is 1. The minimum absolute atomic E-state index is 0.0995. The molecule has 0 unspecified atom stereocenters. The predicted molar refractivity (Wildman–Crippen MR) is 130 cm³/mol. The number of carbonyl (C=O) groups is 2. The van der Waals surface area contributed by atoms with Crippen LogP contribution >= 0.6 is 0 Å². The van der Waals surface area contributed by atoms with Crippen LogP contribution in [0, 0.1) is 23.5 Å². The first-order chi connectivity index (χ1) is 16.9. The summed E-state index contributed by atoms with van der Waals surface area (Å²) in [5.41, 5.74) is 1.19. The molecule has 2 amide bonds. The smallest absolute Gasteiger partial charge is 0.256 e. The molecule has 188 valence electrons. The van der Waals surface area contributed by atoms with E-state index >= 15 is 0 Å². The van der Waals surface area contributed by atoms with Gasteiger partial charge in [-0.25, -0.2) is 8.78 Å². The monoisotopic (exact) mass is 484 g/mol. The first-order valence-corrected chi connectivity index (χ1v) is 12.7. The van der Waals surface area contributed by atoms with Crippen LogP contribution in [-0.2, 0) is 11.2 Å². The molecule has 2 fully saturated rings. The molecule has 2 aliphatic rings. The van der Waals surface area contributed by atoms with E-state index in [-0.39, 0.29) is 17.4 Å². The number of rotatable bonds is 7. The number of hydrogen-bond donors (Lipinski definition) is 0. The Kier molecular flexibility index (Phi) is 8.37. The van der Waals surface area contributed by atoms with Gasteiger partial charge in [-0.2, -0.15) is 0 Å². The average molecular weight is 485 g/mol. The highest BCUT2D eigenvalue weighted by molar-refractivity contribution is 5.94. The van der Waals surface area contributed by atoms with Crippen LogP contribution in [0.4, 0.5) is 8.78 Å². The van der Waals surface area contributed by atoms with Crippen LogP contribution in [0.2, 0.25) is 0 Å². The number of carbonyl (C=O) groups excluding carboxylic acids is 2. The normalized spacial score (nSPS) is 17.5. The Bertz CT molecular complexity index is 1010. The number of benzene rings is 2. The second-order valence-corrected chi connectivity index (χ2v) is 9.57. The predicted octanol–water partition coefficient (Wildman–Crippen LogP) is 5.09. The summed E-state index contributed by atoms with van der Waals surface area (Å²) in [6.07, 6.45) is 5.34. The third-order valence-corrected chi connectivity index (χ3v) is 7.29. The summed E-state index contributed by atoms with van der Waals surface area (Å²) < 4.78 is 32.6. The molecule has 2 heterocycles. The maximum Gasteiger partial charge on any atom is 0.256 e. The lowest BCUT2D eigenvalue weighted by atomic mass is 9.89. The highest BCUT2D eigenvalue weighted by Crippen LogP contribution is 2.27. The van der Waals surface area contributed by atoms with E-state index in [9.17, 15) is 18.4 Å². The summed E-state index contributed by atoms with van der Waals surface area (Å²) in [5.74, 6) is -0.396. The lowest BCUT2D eigenvalue weighted by molar-refractivity contribution is -0.138. The third-order valence-electron chi connectivity index (χ3n) is 7.29. The van der Waals surface area contributed by atoms with Crippen LogP contribution in [0.1, 0.15) is 54.9 Å². The molecule has 0 atom stereocenters. The van der Waals surface area contributed by atoms with Crippen molar-refractivity contribution in [2.24, 2.45) is 11.8 Å². The maximum atomic E-state index is 14.0. The van der Waals surface area contributed by atoms with Gasteiger partial charge in [0, 0.05) is 38.2 Å². The van der Waals surface area contributed by atoms with Crippen molar-refractivity contribution in [1.29, 1.82) is 0 Å². The molecule has 0 spiro atoms. The number of aryl methyl sites for hydroxylation is 1. The Morgan fingerprint density at radius 3 is 2.20 bits per heavy atom. The van der Waals surface area contributed by atoms with Crippen molar-refractivity contribution in [3.8, 4) is 5.75 Å². The minimum Gasteiger partial charge on any atom is -0.494 e. The van der Waals surface area contributed by atoms with E-state index in [2.05, 4.69) is 12.1 Å². The van der Waals surface area contributed by atoms with Crippen LogP contribution in [0.25, 0.3) is 0 Å². The molecule has 7 heteroatoms. The molecule has 5 nitrogen and oxygen atoms in total. The first kappa shape index (κ1) is 25.1. The highest BCUT2D eigenvalue weighted by Gasteiger charge is 2.32. The molecule has 0 aromatic heterocycles. The van der Waals surface area contributed by atoms with E-state index in [1.165, 1.54) is 11.6 Å². The van der Waals surface area contributed by atoms with E-state index in [4.69, 9.17) is 4.74 Å². The van der Waals surface area contributed by atoms with Crippen molar-refractivity contribution in [3.05, 3.63) is 65.2 Å². The van der Waals surface area contributed by atoms with E-state index < -0.39 is 17.5 Å². The van der Waals surface area contributed by atoms with E-state index in [0.29, 0.717) is 38.5 Å². The summed E-state index contributed by atoms with van der Waals surface area (Å²) in [7, 11) is 0. The lowest BCUT2D eigenvalue weighted by Gasteiger charge is -2.37. The molecular weight excluding hydrogens is 450 g/mol. The molecule has 0 saturated carbocycles.